The zero-order valence-corrected chi connectivity index (χ0v) is 46.2. The topological polar surface area (TPSA) is 170 Å². The highest BCUT2D eigenvalue weighted by molar-refractivity contribution is 6.01. The van der Waals surface area contributed by atoms with Crippen molar-refractivity contribution in [3.63, 3.8) is 0 Å². The largest absolute Gasteiger partial charge is 0.396 e. The molecule has 1 aromatic rings. The Morgan fingerprint density at radius 3 is 2.61 bits per heavy atom. The molecule has 0 aromatic heterocycles. The van der Waals surface area contributed by atoms with Gasteiger partial charge in [-0.2, -0.15) is 0 Å². The maximum atomic E-state index is 16.8. The first kappa shape index (κ1) is 50.7. The summed E-state index contributed by atoms with van der Waals surface area (Å²) >= 11 is 0. The summed E-state index contributed by atoms with van der Waals surface area (Å²) in [5.74, 6) is 8.40. The monoisotopic (exact) mass is 1030 g/mol. The summed E-state index contributed by atoms with van der Waals surface area (Å²) in [6.45, 7) is 10.4. The Labute approximate surface area is 452 Å². The van der Waals surface area contributed by atoms with Crippen LogP contribution in [-0.2, 0) is 27.1 Å². The molecule has 11 aliphatic carbocycles. The van der Waals surface area contributed by atoms with E-state index in [0.29, 0.717) is 57.0 Å². The number of aliphatic hydroxyl groups excluding tert-OH is 2. The average molecular weight is 1030 g/mol. The number of aryl methyl sites for hydroxylation is 1. The molecule has 0 radical (unpaired) electrons. The first-order valence-corrected chi connectivity index (χ1v) is 30.2. The summed E-state index contributed by atoms with van der Waals surface area (Å²) < 4.78 is 14.5. The number of dihydropyridines is 1. The van der Waals surface area contributed by atoms with Crippen LogP contribution >= 0.6 is 0 Å². The van der Waals surface area contributed by atoms with Crippen LogP contribution in [0.15, 0.2) is 82.8 Å². The van der Waals surface area contributed by atoms with E-state index in [1.807, 2.05) is 19.9 Å². The zero-order valence-electron chi connectivity index (χ0n) is 46.2. The fraction of sp³-hybridized carbons (Fsp3) is 0.712. The molecule has 3 heterocycles. The van der Waals surface area contributed by atoms with E-state index in [0.717, 1.165) is 93.9 Å². The number of rotatable bonds is 10. The van der Waals surface area contributed by atoms with Crippen LogP contribution in [-0.4, -0.2) is 94.7 Å². The van der Waals surface area contributed by atoms with Crippen LogP contribution < -0.4 is 16.4 Å². The fourth-order valence-electron chi connectivity index (χ4n) is 22.4. The van der Waals surface area contributed by atoms with Crippen LogP contribution in [0.1, 0.15) is 142 Å². The van der Waals surface area contributed by atoms with E-state index in [1.54, 1.807) is 0 Å². The number of carbonyl (C=O) groups excluding carboxylic acids is 1. The Balaban J connectivity index is 0.952. The number of allylic oxidation sites excluding steroid dienone is 5. The van der Waals surface area contributed by atoms with Crippen molar-refractivity contribution in [2.24, 2.45) is 85.6 Å². The van der Waals surface area contributed by atoms with Gasteiger partial charge in [-0.25, -0.2) is 0 Å². The van der Waals surface area contributed by atoms with Gasteiger partial charge in [-0.1, -0.05) is 99.6 Å². The molecule has 408 valence electrons. The van der Waals surface area contributed by atoms with E-state index in [4.69, 9.17) is 15.2 Å². The minimum absolute atomic E-state index is 0.00988. The predicted molar refractivity (Wildman–Crippen MR) is 293 cm³/mol. The van der Waals surface area contributed by atoms with Crippen molar-refractivity contribution in [3.8, 4) is 11.8 Å². The molecule has 3 aliphatic heterocycles. The van der Waals surface area contributed by atoms with Crippen LogP contribution in [0.3, 0.4) is 0 Å². The molecule has 1 aromatic carbocycles. The zero-order chi connectivity index (χ0) is 52.6. The molecule has 76 heavy (non-hydrogen) atoms. The Hall–Kier alpha value is -3.53. The fourth-order valence-corrected chi connectivity index (χ4v) is 22.4. The Bertz CT molecular complexity index is 2850. The predicted octanol–water partition coefficient (Wildman–Crippen LogP) is 8.33. The third-order valence-corrected chi connectivity index (χ3v) is 25.5. The lowest BCUT2D eigenvalue weighted by Gasteiger charge is -2.74. The molecule has 4 bridgehead atoms. The van der Waals surface area contributed by atoms with Crippen LogP contribution in [0.25, 0.3) is 0 Å². The molecular formula is C66H87N3O7. The van der Waals surface area contributed by atoms with E-state index in [2.05, 4.69) is 91.9 Å². The van der Waals surface area contributed by atoms with Gasteiger partial charge in [0.1, 0.15) is 17.8 Å². The summed E-state index contributed by atoms with van der Waals surface area (Å²) in [5.41, 5.74) is 6.62. The number of hydrogen-bond donors (Lipinski definition) is 7. The molecule has 0 amide bonds. The highest BCUT2D eigenvalue weighted by Crippen LogP contribution is 2.88. The summed E-state index contributed by atoms with van der Waals surface area (Å²) in [7, 11) is 2.07. The number of aliphatic hydroxyl groups is 4. The summed E-state index contributed by atoms with van der Waals surface area (Å²) in [6, 6.07) is 8.99. The van der Waals surface area contributed by atoms with Gasteiger partial charge >= 0.3 is 0 Å². The van der Waals surface area contributed by atoms with Crippen LogP contribution in [0.4, 0.5) is 0 Å². The number of benzene rings is 1. The molecule has 14 aliphatic rings. The van der Waals surface area contributed by atoms with Gasteiger partial charge in [0, 0.05) is 65.5 Å². The van der Waals surface area contributed by atoms with Gasteiger partial charge in [0.15, 0.2) is 5.78 Å². The summed E-state index contributed by atoms with van der Waals surface area (Å²) in [4.78, 5) is 16.8. The molecule has 15 rings (SSSR count). The molecule has 10 nitrogen and oxygen atoms in total. The molecule has 3 spiro atoms. The van der Waals surface area contributed by atoms with Gasteiger partial charge in [-0.3, -0.25) is 4.79 Å². The van der Waals surface area contributed by atoms with Crippen LogP contribution in [0, 0.1) is 91.7 Å². The SMILES string of the molecule is CNCC1=C[C@@]23C=C[C@@H]4[C@H]5C(=O)C6=C7[C@@H]8[C@H](CCc9ccccc9CC#C[C@H](C9(CCCC9)C2)[C@@]3(C[C@@H]4O)[C@]85C1)C[C@]1(C)[C@@H]([C@@]2([C@H]3O[C@@H]3[C@](C)(O)[C@](C)(CO)CCC3=CCNC(N)=C3)C[C@@H](C)CCO2)C[C@@H](CC6)[C@@]71O. The normalized spacial score (nSPS) is 47.3. The van der Waals surface area contributed by atoms with E-state index in [1.165, 1.54) is 29.5 Å². The highest BCUT2D eigenvalue weighted by Gasteiger charge is 2.86. The number of ketones is 1. The van der Waals surface area contributed by atoms with Crippen molar-refractivity contribution in [1.29, 1.82) is 0 Å². The Kier molecular flexibility index (Phi) is 11.3. The quantitative estimate of drug-likeness (QED) is 0.0688. The highest BCUT2D eigenvalue weighted by atomic mass is 16.6. The summed E-state index contributed by atoms with van der Waals surface area (Å²) in [5, 5.41) is 59.2. The van der Waals surface area contributed by atoms with Crippen molar-refractivity contribution >= 4 is 5.78 Å². The number of hydrogen-bond acceptors (Lipinski definition) is 10. The van der Waals surface area contributed by atoms with Gasteiger partial charge < -0.3 is 46.3 Å². The maximum Gasteiger partial charge on any atom is 0.163 e. The molecule has 10 heteroatoms. The molecule has 19 atom stereocenters. The molecule has 8 N–H and O–H groups in total. The second-order valence-electron chi connectivity index (χ2n) is 28.6. The lowest BCUT2D eigenvalue weighted by Crippen LogP contribution is -2.74. The number of nitrogens with two attached hydrogens (primary N) is 1. The van der Waals surface area contributed by atoms with Crippen molar-refractivity contribution in [2.45, 2.75) is 178 Å². The van der Waals surface area contributed by atoms with Crippen molar-refractivity contribution < 1.29 is 34.7 Å². The maximum absolute atomic E-state index is 16.8. The third kappa shape index (κ3) is 6.29. The molecular weight excluding hydrogens is 947 g/mol. The lowest BCUT2D eigenvalue weighted by molar-refractivity contribution is -0.242. The lowest BCUT2D eigenvalue weighted by atomic mass is 9.29. The van der Waals surface area contributed by atoms with Crippen LogP contribution in [0.2, 0.25) is 0 Å². The number of epoxide rings is 1. The number of fused-ring (bicyclic) bond motifs is 3. The second-order valence-corrected chi connectivity index (χ2v) is 28.6. The van der Waals surface area contributed by atoms with Crippen LogP contribution in [0.5, 0.6) is 0 Å². The van der Waals surface area contributed by atoms with Crippen molar-refractivity contribution in [1.82, 2.24) is 10.6 Å². The van der Waals surface area contributed by atoms with E-state index >= 15 is 9.90 Å². The molecule has 5 saturated carbocycles. The smallest absolute Gasteiger partial charge is 0.163 e. The molecule has 2 saturated heterocycles. The Morgan fingerprint density at radius 1 is 1.04 bits per heavy atom. The number of ether oxygens (including phenoxy) is 2. The van der Waals surface area contributed by atoms with Gasteiger partial charge in [0.05, 0.1) is 29.7 Å². The first-order valence-electron chi connectivity index (χ1n) is 30.2. The minimum atomic E-state index is -1.41. The first-order chi connectivity index (χ1) is 36.4. The number of nitrogens with one attached hydrogen (secondary N) is 2. The van der Waals surface area contributed by atoms with E-state index in [-0.39, 0.29) is 53.3 Å². The molecule has 0 unspecified atom stereocenters. The van der Waals surface area contributed by atoms with Gasteiger partial charge in [0.2, 0.25) is 0 Å². The number of Topliss-reactive ketones (excluding diaryl/α,β-unsaturated/α-hetero) is 1. The van der Waals surface area contributed by atoms with E-state index < -0.39 is 68.1 Å². The van der Waals surface area contributed by atoms with Gasteiger partial charge in [-0.15, -0.1) is 0 Å². The van der Waals surface area contributed by atoms with Gasteiger partial charge in [0.25, 0.3) is 0 Å². The van der Waals surface area contributed by atoms with Gasteiger partial charge in [-0.05, 0) is 185 Å². The molecule has 7 fully saturated rings. The summed E-state index contributed by atoms with van der Waals surface area (Å²) in [6.07, 6.45) is 25.3. The number of likely N-dealkylation sites (N-methyl/N-ethyl adjacent to an activating group) is 1. The van der Waals surface area contributed by atoms with Crippen molar-refractivity contribution in [3.05, 3.63) is 93.9 Å². The second kappa shape index (κ2) is 17.0. The number of carbonyl (C=O) groups is 1. The standard InChI is InChI=1S/C66H87N3O7/c1-39-22-28-75-64(31-39,57-56(76-57)60(4,73)58(2,38-70)25-19-40-21-27-69-51(67)29-40)50-30-45-17-18-47-53-52-44(34-59(50,3)66(45,53)74)16-15-43-12-7-6-11-42(43)13-10-14-49-61(23-8-9-24-61)37-62-26-20-46-48(71)35-65(49,62)63(52,54(46)55(47)72)33-41(32-62)36-68-5/h6-7,11-12,20-21,26,29,32,39,44-46,48-50,52,54,56-57,68-71,73-74H,8-9,13,15-19,22-25,27-28,30-31,33-38,67H2,1-5H3/t39-,44+,45+,46-,48-,49+,50-,52-,54-,56-,57-,58-,59+,60-,62-,63+,64+,65+,66+/m0/s1. The average Bonchev–Trinajstić information content (AvgIpc) is 4.04. The third-order valence-electron chi connectivity index (χ3n) is 25.5. The Morgan fingerprint density at radius 2 is 1.84 bits per heavy atom. The van der Waals surface area contributed by atoms with Crippen molar-refractivity contribution in [2.75, 3.05) is 33.4 Å². The minimum Gasteiger partial charge on any atom is -0.396 e. The van der Waals surface area contributed by atoms with E-state index in [9.17, 15) is 15.3 Å².